The third-order valence-electron chi connectivity index (χ3n) is 3.23. The highest BCUT2D eigenvalue weighted by molar-refractivity contribution is 7.80. The van der Waals surface area contributed by atoms with Crippen LogP contribution in [-0.4, -0.2) is 5.25 Å². The standard InChI is InChI=1S/C12H22S/c1-3-10-5-7-11(8-6-10)9-12(13)4-2/h3,11-13H,4-9H2,1-2H3. The Morgan fingerprint density at radius 1 is 1.46 bits per heavy atom. The molecule has 0 saturated heterocycles. The van der Waals surface area contributed by atoms with Crippen LogP contribution in [0.1, 0.15) is 52.4 Å². The van der Waals surface area contributed by atoms with Crippen LogP contribution in [0.4, 0.5) is 0 Å². The van der Waals surface area contributed by atoms with E-state index < -0.39 is 0 Å². The minimum atomic E-state index is 0.636. The van der Waals surface area contributed by atoms with Crippen LogP contribution in [0.25, 0.3) is 0 Å². The van der Waals surface area contributed by atoms with Crippen LogP contribution in [0.15, 0.2) is 11.6 Å². The lowest BCUT2D eigenvalue weighted by atomic mass is 9.83. The molecule has 0 N–H and O–H groups in total. The SMILES string of the molecule is CC=C1CCC(CC(S)CC)CC1. The maximum Gasteiger partial charge on any atom is 0.00168 e. The fraction of sp³-hybridized carbons (Fsp3) is 0.833. The molecule has 0 aromatic rings. The zero-order valence-electron chi connectivity index (χ0n) is 8.92. The predicted octanol–water partition coefficient (Wildman–Crippen LogP) is 4.22. The molecule has 1 heteroatoms. The van der Waals surface area contributed by atoms with Gasteiger partial charge in [-0.25, -0.2) is 0 Å². The molecule has 0 aromatic carbocycles. The smallest absolute Gasteiger partial charge is 0.00168 e. The normalized spacial score (nSPS) is 25.8. The monoisotopic (exact) mass is 198 g/mol. The molecule has 1 rings (SSSR count). The molecule has 0 heterocycles. The first-order valence-electron chi connectivity index (χ1n) is 5.58. The summed E-state index contributed by atoms with van der Waals surface area (Å²) in [5.74, 6) is 0.950. The second-order valence-corrected chi connectivity index (χ2v) is 4.92. The molecule has 0 nitrogen and oxygen atoms in total. The van der Waals surface area contributed by atoms with E-state index in [1.165, 1.54) is 38.5 Å². The van der Waals surface area contributed by atoms with Gasteiger partial charge in [-0.05, 0) is 51.4 Å². The van der Waals surface area contributed by atoms with Crippen molar-refractivity contribution in [1.82, 2.24) is 0 Å². The van der Waals surface area contributed by atoms with Crippen molar-refractivity contribution >= 4 is 12.6 Å². The number of thiol groups is 1. The summed E-state index contributed by atoms with van der Waals surface area (Å²) in [6.07, 6.45) is 10.3. The Morgan fingerprint density at radius 2 is 2.08 bits per heavy atom. The van der Waals surface area contributed by atoms with Gasteiger partial charge in [0.25, 0.3) is 0 Å². The fourth-order valence-electron chi connectivity index (χ4n) is 2.12. The van der Waals surface area contributed by atoms with Crippen LogP contribution in [0.5, 0.6) is 0 Å². The summed E-state index contributed by atoms with van der Waals surface area (Å²) in [7, 11) is 0. The van der Waals surface area contributed by atoms with Crippen molar-refractivity contribution in [3.05, 3.63) is 11.6 Å². The molecule has 0 aromatic heterocycles. The predicted molar refractivity (Wildman–Crippen MR) is 63.4 cm³/mol. The summed E-state index contributed by atoms with van der Waals surface area (Å²) in [4.78, 5) is 0. The van der Waals surface area contributed by atoms with Gasteiger partial charge in [0.1, 0.15) is 0 Å². The molecule has 0 radical (unpaired) electrons. The van der Waals surface area contributed by atoms with E-state index in [2.05, 4.69) is 32.6 Å². The summed E-state index contributed by atoms with van der Waals surface area (Å²) >= 11 is 4.57. The minimum Gasteiger partial charge on any atom is -0.176 e. The van der Waals surface area contributed by atoms with Crippen molar-refractivity contribution in [3.63, 3.8) is 0 Å². The van der Waals surface area contributed by atoms with E-state index in [0.29, 0.717) is 5.25 Å². The summed E-state index contributed by atoms with van der Waals surface area (Å²) in [6.45, 7) is 4.40. The summed E-state index contributed by atoms with van der Waals surface area (Å²) in [5, 5.41) is 0.636. The van der Waals surface area contributed by atoms with E-state index >= 15 is 0 Å². The van der Waals surface area contributed by atoms with Gasteiger partial charge in [-0.1, -0.05) is 18.6 Å². The Kier molecular flexibility index (Phi) is 4.93. The van der Waals surface area contributed by atoms with Crippen molar-refractivity contribution < 1.29 is 0 Å². The van der Waals surface area contributed by atoms with Gasteiger partial charge in [0.15, 0.2) is 0 Å². The highest BCUT2D eigenvalue weighted by Gasteiger charge is 2.17. The molecule has 1 unspecified atom stereocenters. The van der Waals surface area contributed by atoms with Gasteiger partial charge in [0.05, 0.1) is 0 Å². The molecule has 1 atom stereocenters. The van der Waals surface area contributed by atoms with E-state index in [9.17, 15) is 0 Å². The van der Waals surface area contributed by atoms with Gasteiger partial charge >= 0.3 is 0 Å². The van der Waals surface area contributed by atoms with Gasteiger partial charge in [-0.3, -0.25) is 0 Å². The van der Waals surface area contributed by atoms with Crippen LogP contribution in [0.2, 0.25) is 0 Å². The second-order valence-electron chi connectivity index (χ2n) is 4.19. The van der Waals surface area contributed by atoms with Crippen LogP contribution in [0, 0.1) is 5.92 Å². The lowest BCUT2D eigenvalue weighted by Gasteiger charge is -2.25. The maximum atomic E-state index is 4.57. The van der Waals surface area contributed by atoms with Gasteiger partial charge in [0, 0.05) is 5.25 Å². The highest BCUT2D eigenvalue weighted by Crippen LogP contribution is 2.32. The molecule has 13 heavy (non-hydrogen) atoms. The van der Waals surface area contributed by atoms with E-state index in [0.717, 1.165) is 5.92 Å². The molecule has 1 aliphatic carbocycles. The Labute approximate surface area is 88.2 Å². The zero-order valence-corrected chi connectivity index (χ0v) is 9.82. The van der Waals surface area contributed by atoms with Gasteiger partial charge in [-0.15, -0.1) is 0 Å². The topological polar surface area (TPSA) is 0 Å². The van der Waals surface area contributed by atoms with Crippen LogP contribution in [-0.2, 0) is 0 Å². The average molecular weight is 198 g/mol. The summed E-state index contributed by atoms with van der Waals surface area (Å²) in [6, 6.07) is 0. The molecule has 1 fully saturated rings. The van der Waals surface area contributed by atoms with E-state index in [4.69, 9.17) is 0 Å². The number of allylic oxidation sites excluding steroid dienone is 2. The quantitative estimate of drug-likeness (QED) is 0.509. The largest absolute Gasteiger partial charge is 0.176 e. The number of rotatable bonds is 3. The van der Waals surface area contributed by atoms with Gasteiger partial charge in [-0.2, -0.15) is 12.6 Å². The Bertz CT molecular complexity index is 162. The number of hydrogen-bond donors (Lipinski definition) is 1. The van der Waals surface area contributed by atoms with Gasteiger partial charge in [0.2, 0.25) is 0 Å². The third kappa shape index (κ3) is 3.76. The number of hydrogen-bond acceptors (Lipinski definition) is 1. The molecule has 0 amide bonds. The first-order valence-corrected chi connectivity index (χ1v) is 6.10. The minimum absolute atomic E-state index is 0.636. The van der Waals surface area contributed by atoms with Crippen molar-refractivity contribution in [1.29, 1.82) is 0 Å². The van der Waals surface area contributed by atoms with Crippen molar-refractivity contribution in [2.24, 2.45) is 5.92 Å². The fourth-order valence-corrected chi connectivity index (χ4v) is 2.42. The molecular formula is C12H22S. The Morgan fingerprint density at radius 3 is 2.54 bits per heavy atom. The van der Waals surface area contributed by atoms with Crippen molar-refractivity contribution in [2.45, 2.75) is 57.6 Å². The second kappa shape index (κ2) is 5.74. The van der Waals surface area contributed by atoms with E-state index in [1.54, 1.807) is 5.57 Å². The molecule has 0 bridgehead atoms. The van der Waals surface area contributed by atoms with Crippen molar-refractivity contribution in [3.8, 4) is 0 Å². The average Bonchev–Trinajstić information content (AvgIpc) is 2.19. The van der Waals surface area contributed by atoms with E-state index in [-0.39, 0.29) is 0 Å². The maximum absolute atomic E-state index is 4.57. The summed E-state index contributed by atoms with van der Waals surface area (Å²) < 4.78 is 0. The highest BCUT2D eigenvalue weighted by atomic mass is 32.1. The lowest BCUT2D eigenvalue weighted by Crippen LogP contribution is -2.12. The molecule has 0 aliphatic heterocycles. The molecule has 0 spiro atoms. The van der Waals surface area contributed by atoms with E-state index in [1.807, 2.05) is 0 Å². The van der Waals surface area contributed by atoms with Crippen LogP contribution < -0.4 is 0 Å². The van der Waals surface area contributed by atoms with Crippen LogP contribution >= 0.6 is 12.6 Å². The first-order chi connectivity index (χ1) is 6.26. The first kappa shape index (κ1) is 11.2. The third-order valence-corrected chi connectivity index (χ3v) is 3.81. The molecular weight excluding hydrogens is 176 g/mol. The van der Waals surface area contributed by atoms with Gasteiger partial charge < -0.3 is 0 Å². The molecule has 1 aliphatic rings. The summed E-state index contributed by atoms with van der Waals surface area (Å²) in [5.41, 5.74) is 1.67. The Hall–Kier alpha value is 0.0900. The zero-order chi connectivity index (χ0) is 9.68. The molecule has 1 saturated carbocycles. The van der Waals surface area contributed by atoms with Crippen LogP contribution in [0.3, 0.4) is 0 Å². The Balaban J connectivity index is 2.25. The van der Waals surface area contributed by atoms with Crippen molar-refractivity contribution in [2.75, 3.05) is 0 Å². The molecule has 76 valence electrons. The lowest BCUT2D eigenvalue weighted by molar-refractivity contribution is 0.378.